The number of hydrogen-bond acceptors (Lipinski definition) is 5. The van der Waals surface area contributed by atoms with Crippen LogP contribution in [0.4, 0.5) is 0 Å². The van der Waals surface area contributed by atoms with Crippen LogP contribution in [0.3, 0.4) is 0 Å². The third kappa shape index (κ3) is 5.99. The molecule has 1 aliphatic heterocycles. The van der Waals surface area contributed by atoms with E-state index in [0.29, 0.717) is 26.2 Å². The summed E-state index contributed by atoms with van der Waals surface area (Å²) in [5, 5.41) is 0. The third-order valence-electron chi connectivity index (χ3n) is 3.62. The molecule has 0 spiro atoms. The Morgan fingerprint density at radius 1 is 1.36 bits per heavy atom. The average molecular weight is 332 g/mol. The molecule has 0 saturated carbocycles. The first-order valence-corrected chi connectivity index (χ1v) is 10.4. The normalized spacial score (nSPS) is 29.6. The Balaban J connectivity index is 2.76. The van der Waals surface area contributed by atoms with Crippen molar-refractivity contribution in [2.24, 2.45) is 11.3 Å². The Kier molecular flexibility index (Phi) is 7.04. The molecule has 0 N–H and O–H groups in total. The van der Waals surface area contributed by atoms with E-state index in [4.69, 9.17) is 18.6 Å². The number of rotatable bonds is 6. The largest absolute Gasteiger partial charge is 0.466 e. The van der Waals surface area contributed by atoms with E-state index in [9.17, 15) is 4.79 Å². The average Bonchev–Trinajstić information content (AvgIpc) is 2.38. The minimum absolute atomic E-state index is 0.000143. The van der Waals surface area contributed by atoms with Crippen LogP contribution in [0, 0.1) is 11.3 Å². The summed E-state index contributed by atoms with van der Waals surface area (Å²) in [5.74, 6) is -0.938. The maximum absolute atomic E-state index is 11.8. The quantitative estimate of drug-likeness (QED) is 0.553. The molecule has 0 unspecified atom stereocenters. The standard InChI is InChI=1S/C16H31O5Si/c1-8-18-13(17)9-12-10-19-16(5,11-20-22(6)7)21-14(12)15(2,3)4/h12,14H,8-11H2,1-7H3/t12-,14+,16+/m0/s1. The first-order chi connectivity index (χ1) is 10.1. The van der Waals surface area contributed by atoms with Crippen LogP contribution in [0.1, 0.15) is 41.0 Å². The highest BCUT2D eigenvalue weighted by atomic mass is 28.3. The summed E-state index contributed by atoms with van der Waals surface area (Å²) < 4.78 is 23.0. The predicted octanol–water partition coefficient (Wildman–Crippen LogP) is 3.00. The molecule has 0 aromatic carbocycles. The molecular formula is C16H31O5Si. The van der Waals surface area contributed by atoms with E-state index in [2.05, 4.69) is 33.9 Å². The SMILES string of the molecule is CCOC(=O)C[C@H]1CO[C@@](C)(CO[Si](C)C)O[C@H]1C(C)(C)C. The summed E-state index contributed by atoms with van der Waals surface area (Å²) in [6.45, 7) is 15.6. The molecule has 1 heterocycles. The Labute approximate surface area is 136 Å². The summed E-state index contributed by atoms with van der Waals surface area (Å²) in [7, 11) is -0.797. The van der Waals surface area contributed by atoms with Gasteiger partial charge in [-0.1, -0.05) is 20.8 Å². The van der Waals surface area contributed by atoms with E-state index in [-0.39, 0.29) is 23.4 Å². The lowest BCUT2D eigenvalue weighted by Gasteiger charge is -2.47. The number of ether oxygens (including phenoxy) is 3. The molecule has 1 aliphatic rings. The molecule has 5 nitrogen and oxygen atoms in total. The fourth-order valence-electron chi connectivity index (χ4n) is 2.60. The molecule has 1 rings (SSSR count). The van der Waals surface area contributed by atoms with Gasteiger partial charge in [-0.05, 0) is 32.4 Å². The molecule has 0 amide bonds. The number of carbonyl (C=O) groups is 1. The predicted molar refractivity (Wildman–Crippen MR) is 86.9 cm³/mol. The van der Waals surface area contributed by atoms with Crippen molar-refractivity contribution in [3.8, 4) is 0 Å². The molecular weight excluding hydrogens is 300 g/mol. The van der Waals surface area contributed by atoms with Crippen molar-refractivity contribution < 1.29 is 23.4 Å². The van der Waals surface area contributed by atoms with Crippen molar-refractivity contribution in [2.75, 3.05) is 19.8 Å². The van der Waals surface area contributed by atoms with Gasteiger partial charge in [0, 0.05) is 5.92 Å². The smallest absolute Gasteiger partial charge is 0.306 e. The van der Waals surface area contributed by atoms with Gasteiger partial charge < -0.3 is 18.6 Å². The zero-order valence-corrected chi connectivity index (χ0v) is 16.0. The first-order valence-electron chi connectivity index (χ1n) is 7.98. The Morgan fingerprint density at radius 2 is 2.00 bits per heavy atom. The van der Waals surface area contributed by atoms with Crippen LogP contribution in [0.25, 0.3) is 0 Å². The zero-order valence-electron chi connectivity index (χ0n) is 15.0. The molecule has 0 aliphatic carbocycles. The van der Waals surface area contributed by atoms with Gasteiger partial charge >= 0.3 is 5.97 Å². The van der Waals surface area contributed by atoms with Gasteiger partial charge in [-0.3, -0.25) is 4.79 Å². The van der Waals surface area contributed by atoms with Crippen LogP contribution >= 0.6 is 0 Å². The summed E-state index contributed by atoms with van der Waals surface area (Å²) in [4.78, 5) is 11.8. The van der Waals surface area contributed by atoms with Crippen molar-refractivity contribution in [1.29, 1.82) is 0 Å². The van der Waals surface area contributed by atoms with Crippen molar-refractivity contribution >= 4 is 15.0 Å². The summed E-state index contributed by atoms with van der Waals surface area (Å²) >= 11 is 0. The maximum Gasteiger partial charge on any atom is 0.306 e. The fourth-order valence-corrected chi connectivity index (χ4v) is 3.16. The topological polar surface area (TPSA) is 54.0 Å². The number of hydrogen-bond donors (Lipinski definition) is 0. The lowest BCUT2D eigenvalue weighted by atomic mass is 9.79. The van der Waals surface area contributed by atoms with Crippen LogP contribution in [0.5, 0.6) is 0 Å². The maximum atomic E-state index is 11.8. The van der Waals surface area contributed by atoms with Gasteiger partial charge in [-0.25, -0.2) is 0 Å². The van der Waals surface area contributed by atoms with E-state index in [1.165, 1.54) is 0 Å². The van der Waals surface area contributed by atoms with E-state index in [0.717, 1.165) is 0 Å². The van der Waals surface area contributed by atoms with E-state index in [1.54, 1.807) is 0 Å². The highest BCUT2D eigenvalue weighted by molar-refractivity contribution is 6.48. The lowest BCUT2D eigenvalue weighted by molar-refractivity contribution is -0.327. The fraction of sp³-hybridized carbons (Fsp3) is 0.938. The van der Waals surface area contributed by atoms with Gasteiger partial charge in [0.05, 0.1) is 32.3 Å². The minimum Gasteiger partial charge on any atom is -0.466 e. The third-order valence-corrected chi connectivity index (χ3v) is 4.34. The van der Waals surface area contributed by atoms with Crippen molar-refractivity contribution in [3.05, 3.63) is 0 Å². The summed E-state index contributed by atoms with van der Waals surface area (Å²) in [6, 6.07) is 0. The van der Waals surface area contributed by atoms with Gasteiger partial charge in [-0.2, -0.15) is 0 Å². The molecule has 0 bridgehead atoms. The zero-order chi connectivity index (χ0) is 17.0. The van der Waals surface area contributed by atoms with Crippen molar-refractivity contribution in [1.82, 2.24) is 0 Å². The van der Waals surface area contributed by atoms with Gasteiger partial charge in [-0.15, -0.1) is 0 Å². The molecule has 0 aromatic heterocycles. The van der Waals surface area contributed by atoms with E-state index in [1.807, 2.05) is 13.8 Å². The van der Waals surface area contributed by atoms with Gasteiger partial charge in [0.2, 0.25) is 9.04 Å². The Hall–Kier alpha value is -0.433. The number of esters is 1. The van der Waals surface area contributed by atoms with Crippen LogP contribution in [0.2, 0.25) is 13.1 Å². The monoisotopic (exact) mass is 331 g/mol. The molecule has 6 heteroatoms. The van der Waals surface area contributed by atoms with Crippen LogP contribution in [-0.4, -0.2) is 46.7 Å². The molecule has 22 heavy (non-hydrogen) atoms. The van der Waals surface area contributed by atoms with Gasteiger partial charge in [0.1, 0.15) is 0 Å². The minimum atomic E-state index is -0.797. The summed E-state index contributed by atoms with van der Waals surface area (Å²) in [6.07, 6.45) is 0.243. The highest BCUT2D eigenvalue weighted by Crippen LogP contribution is 2.38. The van der Waals surface area contributed by atoms with Crippen LogP contribution in [-0.2, 0) is 23.4 Å². The Bertz CT molecular complexity index is 366. The van der Waals surface area contributed by atoms with Crippen LogP contribution < -0.4 is 0 Å². The lowest BCUT2D eigenvalue weighted by Crippen LogP contribution is -2.55. The molecule has 0 aromatic rings. The van der Waals surface area contributed by atoms with E-state index < -0.39 is 14.8 Å². The molecule has 1 saturated heterocycles. The molecule has 129 valence electrons. The van der Waals surface area contributed by atoms with Gasteiger partial charge in [0.15, 0.2) is 5.79 Å². The molecule has 3 atom stereocenters. The number of carbonyl (C=O) groups excluding carboxylic acids is 1. The van der Waals surface area contributed by atoms with Crippen LogP contribution in [0.15, 0.2) is 0 Å². The molecule has 1 radical (unpaired) electrons. The Morgan fingerprint density at radius 3 is 2.50 bits per heavy atom. The van der Waals surface area contributed by atoms with E-state index >= 15 is 0 Å². The van der Waals surface area contributed by atoms with Gasteiger partial charge in [0.25, 0.3) is 0 Å². The second-order valence-electron chi connectivity index (χ2n) is 7.32. The summed E-state index contributed by atoms with van der Waals surface area (Å²) in [5.41, 5.74) is -0.0889. The first kappa shape index (κ1) is 19.6. The highest BCUT2D eigenvalue weighted by Gasteiger charge is 2.45. The van der Waals surface area contributed by atoms with Crippen molar-refractivity contribution in [3.63, 3.8) is 0 Å². The van der Waals surface area contributed by atoms with Crippen molar-refractivity contribution in [2.45, 2.75) is 66.0 Å². The second kappa shape index (κ2) is 7.90. The molecule has 1 fully saturated rings. The second-order valence-corrected chi connectivity index (χ2v) is 9.42.